The van der Waals surface area contributed by atoms with E-state index in [4.69, 9.17) is 9.47 Å². The van der Waals surface area contributed by atoms with Crippen LogP contribution in [0.5, 0.6) is 17.4 Å². The van der Waals surface area contributed by atoms with E-state index in [0.717, 1.165) is 11.3 Å². The fourth-order valence-corrected chi connectivity index (χ4v) is 2.22. The number of anilines is 1. The van der Waals surface area contributed by atoms with Crippen molar-refractivity contribution in [2.75, 3.05) is 11.9 Å². The van der Waals surface area contributed by atoms with Crippen LogP contribution in [0.25, 0.3) is 0 Å². The van der Waals surface area contributed by atoms with Gasteiger partial charge in [0.25, 0.3) is 5.91 Å². The normalized spacial score (nSPS) is 10.3. The molecule has 0 aliphatic carbocycles. The van der Waals surface area contributed by atoms with Gasteiger partial charge in [0.05, 0.1) is 0 Å². The molecular formula is C19H19N3O3. The number of hydrogen-bond donors (Lipinski definition) is 2. The second kappa shape index (κ2) is 7.53. The quantitative estimate of drug-likeness (QED) is 0.716. The van der Waals surface area contributed by atoms with Crippen molar-refractivity contribution in [3.8, 4) is 17.4 Å². The van der Waals surface area contributed by atoms with Gasteiger partial charge >= 0.3 is 0 Å². The molecule has 2 aromatic carbocycles. The second-order valence-corrected chi connectivity index (χ2v) is 5.67. The van der Waals surface area contributed by atoms with Crippen molar-refractivity contribution in [2.45, 2.75) is 13.8 Å². The summed E-state index contributed by atoms with van der Waals surface area (Å²) in [5.74, 6) is 1.59. The number of benzene rings is 2. The first-order chi connectivity index (χ1) is 12.1. The molecule has 0 saturated heterocycles. The van der Waals surface area contributed by atoms with Gasteiger partial charge in [-0.3, -0.25) is 9.89 Å². The monoisotopic (exact) mass is 337 g/mol. The Morgan fingerprint density at radius 2 is 1.88 bits per heavy atom. The van der Waals surface area contributed by atoms with E-state index in [-0.39, 0.29) is 12.5 Å². The van der Waals surface area contributed by atoms with Crippen molar-refractivity contribution in [3.05, 3.63) is 65.9 Å². The smallest absolute Gasteiger partial charge is 0.262 e. The number of H-pyrrole nitrogens is 1. The maximum absolute atomic E-state index is 12.0. The minimum Gasteiger partial charge on any atom is -0.484 e. The Balaban J connectivity index is 1.51. The number of amides is 1. The number of carbonyl (C=O) groups excluding carboxylic acids is 1. The Hall–Kier alpha value is -3.28. The van der Waals surface area contributed by atoms with Crippen molar-refractivity contribution in [3.63, 3.8) is 0 Å². The number of rotatable bonds is 6. The van der Waals surface area contributed by atoms with Gasteiger partial charge < -0.3 is 14.8 Å². The largest absolute Gasteiger partial charge is 0.484 e. The van der Waals surface area contributed by atoms with Gasteiger partial charge in [0.2, 0.25) is 5.88 Å². The lowest BCUT2D eigenvalue weighted by Gasteiger charge is -2.08. The molecule has 3 rings (SSSR count). The predicted molar refractivity (Wildman–Crippen MR) is 95.1 cm³/mol. The van der Waals surface area contributed by atoms with Crippen molar-refractivity contribution >= 4 is 11.6 Å². The van der Waals surface area contributed by atoms with Crippen molar-refractivity contribution in [1.29, 1.82) is 0 Å². The molecule has 0 bridgehead atoms. The Labute approximate surface area is 145 Å². The highest BCUT2D eigenvalue weighted by atomic mass is 16.5. The van der Waals surface area contributed by atoms with Crippen LogP contribution in [0.3, 0.4) is 0 Å². The van der Waals surface area contributed by atoms with Gasteiger partial charge in [0.15, 0.2) is 6.61 Å². The third-order valence-electron chi connectivity index (χ3n) is 3.40. The molecule has 2 N–H and O–H groups in total. The topological polar surface area (TPSA) is 76.2 Å². The fraction of sp³-hybridized carbons (Fsp3) is 0.158. The molecule has 0 radical (unpaired) electrons. The number of carbonyl (C=O) groups is 1. The molecule has 25 heavy (non-hydrogen) atoms. The first kappa shape index (κ1) is 16.6. The Kier molecular flexibility index (Phi) is 4.99. The highest BCUT2D eigenvalue weighted by molar-refractivity contribution is 5.91. The molecule has 128 valence electrons. The van der Waals surface area contributed by atoms with Gasteiger partial charge in [0.1, 0.15) is 11.5 Å². The lowest BCUT2D eigenvalue weighted by molar-refractivity contribution is -0.118. The average Bonchev–Trinajstić information content (AvgIpc) is 3.00. The molecule has 1 amide bonds. The number of aryl methyl sites for hydroxylation is 2. The Morgan fingerprint density at radius 1 is 1.08 bits per heavy atom. The zero-order chi connectivity index (χ0) is 17.6. The molecule has 0 aliphatic heterocycles. The van der Waals surface area contributed by atoms with Crippen LogP contribution in [0.15, 0.2) is 54.6 Å². The maximum atomic E-state index is 12.0. The van der Waals surface area contributed by atoms with E-state index in [1.165, 1.54) is 0 Å². The van der Waals surface area contributed by atoms with Crippen LogP contribution in [0.2, 0.25) is 0 Å². The predicted octanol–water partition coefficient (Wildman–Crippen LogP) is 3.84. The highest BCUT2D eigenvalue weighted by Crippen LogP contribution is 2.21. The number of nitrogens with one attached hydrogen (secondary N) is 2. The minimum absolute atomic E-state index is 0.0474. The van der Waals surface area contributed by atoms with E-state index in [1.807, 2.05) is 38.1 Å². The zero-order valence-corrected chi connectivity index (χ0v) is 14.1. The third kappa shape index (κ3) is 4.84. The fourth-order valence-electron chi connectivity index (χ4n) is 2.22. The second-order valence-electron chi connectivity index (χ2n) is 5.67. The molecule has 1 heterocycles. The van der Waals surface area contributed by atoms with Crippen molar-refractivity contribution < 1.29 is 14.3 Å². The van der Waals surface area contributed by atoms with E-state index < -0.39 is 0 Å². The summed E-state index contributed by atoms with van der Waals surface area (Å²) in [7, 11) is 0. The summed E-state index contributed by atoms with van der Waals surface area (Å²) in [6.07, 6.45) is 0. The number of hydrogen-bond acceptors (Lipinski definition) is 4. The van der Waals surface area contributed by atoms with Gasteiger partial charge in [-0.25, -0.2) is 0 Å². The molecule has 0 saturated carbocycles. The number of nitrogens with zero attached hydrogens (tertiary/aromatic N) is 1. The van der Waals surface area contributed by atoms with E-state index in [2.05, 4.69) is 15.5 Å². The molecule has 6 heteroatoms. The van der Waals surface area contributed by atoms with Gasteiger partial charge in [-0.05, 0) is 55.8 Å². The first-order valence-corrected chi connectivity index (χ1v) is 7.88. The van der Waals surface area contributed by atoms with Crippen LogP contribution >= 0.6 is 0 Å². The van der Waals surface area contributed by atoms with Crippen LogP contribution in [-0.2, 0) is 4.79 Å². The Bertz CT molecular complexity index is 856. The summed E-state index contributed by atoms with van der Waals surface area (Å²) >= 11 is 0. The van der Waals surface area contributed by atoms with Gasteiger partial charge in [0, 0.05) is 17.4 Å². The summed E-state index contributed by atoms with van der Waals surface area (Å²) < 4.78 is 11.1. The summed E-state index contributed by atoms with van der Waals surface area (Å²) in [4.78, 5) is 12.0. The van der Waals surface area contributed by atoms with Crippen LogP contribution < -0.4 is 14.8 Å². The maximum Gasteiger partial charge on any atom is 0.262 e. The third-order valence-corrected chi connectivity index (χ3v) is 3.40. The molecule has 0 spiro atoms. The van der Waals surface area contributed by atoms with E-state index in [1.54, 1.807) is 30.3 Å². The van der Waals surface area contributed by atoms with Crippen LogP contribution in [0.4, 0.5) is 5.69 Å². The van der Waals surface area contributed by atoms with Gasteiger partial charge in [-0.15, -0.1) is 5.10 Å². The van der Waals surface area contributed by atoms with Crippen molar-refractivity contribution in [2.24, 2.45) is 0 Å². The molecule has 0 unspecified atom stereocenters. The van der Waals surface area contributed by atoms with Crippen molar-refractivity contribution in [1.82, 2.24) is 10.2 Å². The average molecular weight is 337 g/mol. The van der Waals surface area contributed by atoms with E-state index in [9.17, 15) is 4.79 Å². The summed E-state index contributed by atoms with van der Waals surface area (Å²) in [5.41, 5.74) is 2.68. The number of aromatic amines is 1. The molecule has 6 nitrogen and oxygen atoms in total. The molecule has 1 aromatic heterocycles. The summed E-state index contributed by atoms with van der Waals surface area (Å²) in [6, 6.07) is 16.4. The highest BCUT2D eigenvalue weighted by Gasteiger charge is 2.05. The standard InChI is InChI=1S/C19H19N3O3/c1-13-4-3-5-17(10-13)24-12-18(23)20-15-6-8-16(9-7-15)25-19-11-14(2)21-22-19/h3-11H,12H2,1-2H3,(H,20,23)(H,21,22). The minimum atomic E-state index is -0.224. The first-order valence-electron chi connectivity index (χ1n) is 7.88. The molecular weight excluding hydrogens is 318 g/mol. The summed E-state index contributed by atoms with van der Waals surface area (Å²) in [6.45, 7) is 3.83. The van der Waals surface area contributed by atoms with Crippen LogP contribution in [0.1, 0.15) is 11.3 Å². The molecule has 0 atom stereocenters. The zero-order valence-electron chi connectivity index (χ0n) is 14.1. The summed E-state index contributed by atoms with van der Waals surface area (Å²) in [5, 5.41) is 9.60. The van der Waals surface area contributed by atoms with E-state index in [0.29, 0.717) is 23.1 Å². The molecule has 0 fully saturated rings. The number of ether oxygens (including phenoxy) is 2. The molecule has 3 aromatic rings. The van der Waals surface area contributed by atoms with Crippen LogP contribution in [-0.4, -0.2) is 22.7 Å². The lowest BCUT2D eigenvalue weighted by Crippen LogP contribution is -2.20. The SMILES string of the molecule is Cc1cccc(OCC(=O)Nc2ccc(Oc3cc(C)[nH]n3)cc2)c1. The lowest BCUT2D eigenvalue weighted by atomic mass is 10.2. The van der Waals surface area contributed by atoms with E-state index >= 15 is 0 Å². The van der Waals surface area contributed by atoms with Gasteiger partial charge in [-0.1, -0.05) is 12.1 Å². The Morgan fingerprint density at radius 3 is 2.56 bits per heavy atom. The number of aromatic nitrogens is 2. The van der Waals surface area contributed by atoms with Gasteiger partial charge in [-0.2, -0.15) is 0 Å². The molecule has 0 aliphatic rings. The van der Waals surface area contributed by atoms with Crippen LogP contribution in [0, 0.1) is 13.8 Å².